The largest absolute Gasteiger partial charge is 0.395 e. The zero-order valence-corrected chi connectivity index (χ0v) is 12.1. The first-order valence-corrected chi connectivity index (χ1v) is 6.99. The van der Waals surface area contributed by atoms with E-state index in [0.29, 0.717) is 23.3 Å². The Balaban J connectivity index is 2.14. The van der Waals surface area contributed by atoms with Crippen LogP contribution in [0.25, 0.3) is 11.0 Å². The topological polar surface area (TPSA) is 81.2 Å². The number of H-pyrrole nitrogens is 1. The summed E-state index contributed by atoms with van der Waals surface area (Å²) in [5.41, 5.74) is 1.31. The van der Waals surface area contributed by atoms with Crippen molar-refractivity contribution in [1.82, 2.24) is 14.9 Å². The lowest BCUT2D eigenvalue weighted by atomic mass is 10.3. The summed E-state index contributed by atoms with van der Waals surface area (Å²) in [4.78, 5) is 19.9. The number of halogens is 2. The van der Waals surface area contributed by atoms with Gasteiger partial charge in [0, 0.05) is 18.8 Å². The van der Waals surface area contributed by atoms with Gasteiger partial charge in [-0.15, -0.1) is 0 Å². The van der Waals surface area contributed by atoms with Crippen molar-refractivity contribution in [3.8, 4) is 0 Å². The van der Waals surface area contributed by atoms with Gasteiger partial charge < -0.3 is 20.3 Å². The number of nitrogens with zero attached hydrogens (tertiary/aromatic N) is 2. The molecule has 22 heavy (non-hydrogen) atoms. The van der Waals surface area contributed by atoms with Crippen molar-refractivity contribution in [2.45, 2.75) is 19.8 Å². The van der Waals surface area contributed by atoms with Crippen LogP contribution in [-0.4, -0.2) is 45.7 Å². The van der Waals surface area contributed by atoms with E-state index < -0.39 is 12.2 Å². The maximum atomic E-state index is 12.6. The maximum Gasteiger partial charge on any atom is 0.321 e. The van der Waals surface area contributed by atoms with Crippen LogP contribution in [-0.2, 0) is 0 Å². The lowest BCUT2D eigenvalue weighted by molar-refractivity contribution is 0.142. The molecule has 0 saturated carbocycles. The Morgan fingerprint density at radius 3 is 2.86 bits per heavy atom. The Bertz CT molecular complexity index is 639. The van der Waals surface area contributed by atoms with Crippen LogP contribution in [0.2, 0.25) is 0 Å². The molecule has 0 radical (unpaired) electrons. The molecule has 2 amide bonds. The number of aliphatic hydroxyl groups is 1. The van der Waals surface area contributed by atoms with Gasteiger partial charge in [-0.05, 0) is 24.6 Å². The molecule has 0 bridgehead atoms. The van der Waals surface area contributed by atoms with Gasteiger partial charge in [0.25, 0.3) is 6.43 Å². The fraction of sp³-hybridized carbons (Fsp3) is 0.429. The van der Waals surface area contributed by atoms with Gasteiger partial charge in [0.15, 0.2) is 5.82 Å². The molecule has 8 heteroatoms. The number of imidazole rings is 1. The number of nitrogens with one attached hydrogen (secondary N) is 2. The van der Waals surface area contributed by atoms with Crippen LogP contribution in [0.5, 0.6) is 0 Å². The van der Waals surface area contributed by atoms with Crippen molar-refractivity contribution in [3.63, 3.8) is 0 Å². The summed E-state index contributed by atoms with van der Waals surface area (Å²) in [6, 6.07) is 4.36. The SMILES string of the molecule is CCCN(CCO)C(=O)Nc1ccc2nc(C(F)F)[nH]c2c1. The first-order valence-electron chi connectivity index (χ1n) is 6.99. The number of fused-ring (bicyclic) bond motifs is 1. The Morgan fingerprint density at radius 2 is 2.23 bits per heavy atom. The molecular formula is C14H18F2N4O2. The van der Waals surface area contributed by atoms with E-state index in [0.717, 1.165) is 6.42 Å². The summed E-state index contributed by atoms with van der Waals surface area (Å²) >= 11 is 0. The number of hydrogen-bond acceptors (Lipinski definition) is 3. The molecule has 2 rings (SSSR count). The minimum atomic E-state index is -2.67. The van der Waals surface area contributed by atoms with Gasteiger partial charge in [0.05, 0.1) is 17.6 Å². The molecule has 6 nitrogen and oxygen atoms in total. The van der Waals surface area contributed by atoms with E-state index in [2.05, 4.69) is 15.3 Å². The Morgan fingerprint density at radius 1 is 1.45 bits per heavy atom. The molecule has 3 N–H and O–H groups in total. The molecule has 0 aliphatic heterocycles. The number of carbonyl (C=O) groups excluding carboxylic acids is 1. The molecule has 0 atom stereocenters. The van der Waals surface area contributed by atoms with Gasteiger partial charge >= 0.3 is 6.03 Å². The van der Waals surface area contributed by atoms with E-state index in [1.54, 1.807) is 18.2 Å². The fourth-order valence-corrected chi connectivity index (χ4v) is 2.12. The Kier molecular flexibility index (Phi) is 5.26. The van der Waals surface area contributed by atoms with Crippen molar-refractivity contribution in [1.29, 1.82) is 0 Å². The van der Waals surface area contributed by atoms with Crippen LogP contribution in [0.3, 0.4) is 0 Å². The second-order valence-corrected chi connectivity index (χ2v) is 4.80. The second-order valence-electron chi connectivity index (χ2n) is 4.80. The number of aromatic amines is 1. The molecule has 1 heterocycles. The lowest BCUT2D eigenvalue weighted by Gasteiger charge is -2.21. The van der Waals surface area contributed by atoms with Gasteiger partial charge in [-0.3, -0.25) is 0 Å². The quantitative estimate of drug-likeness (QED) is 0.767. The molecular weight excluding hydrogens is 294 g/mol. The van der Waals surface area contributed by atoms with Crippen molar-refractivity contribution in [3.05, 3.63) is 24.0 Å². The van der Waals surface area contributed by atoms with E-state index in [1.807, 2.05) is 6.92 Å². The highest BCUT2D eigenvalue weighted by atomic mass is 19.3. The van der Waals surface area contributed by atoms with E-state index in [9.17, 15) is 13.6 Å². The highest BCUT2D eigenvalue weighted by molar-refractivity contribution is 5.92. The standard InChI is InChI=1S/C14H18F2N4O2/c1-2-5-20(6-7-21)14(22)17-9-3-4-10-11(8-9)19-13(18-10)12(15)16/h3-4,8,12,21H,2,5-7H2,1H3,(H,17,22)(H,18,19). The normalized spacial score (nSPS) is 11.1. The van der Waals surface area contributed by atoms with Crippen molar-refractivity contribution < 1.29 is 18.7 Å². The summed E-state index contributed by atoms with van der Waals surface area (Å²) in [5, 5.41) is 11.7. The number of urea groups is 1. The number of rotatable bonds is 6. The Hall–Kier alpha value is -2.22. The third-order valence-electron chi connectivity index (χ3n) is 3.11. The first kappa shape index (κ1) is 16.2. The monoisotopic (exact) mass is 312 g/mol. The minimum absolute atomic E-state index is 0.120. The van der Waals surface area contributed by atoms with E-state index >= 15 is 0 Å². The molecule has 120 valence electrons. The predicted molar refractivity (Wildman–Crippen MR) is 79.0 cm³/mol. The number of anilines is 1. The lowest BCUT2D eigenvalue weighted by Crippen LogP contribution is -2.37. The van der Waals surface area contributed by atoms with Crippen LogP contribution in [0, 0.1) is 0 Å². The van der Waals surface area contributed by atoms with Crippen molar-refractivity contribution >= 4 is 22.8 Å². The summed E-state index contributed by atoms with van der Waals surface area (Å²) < 4.78 is 25.2. The van der Waals surface area contributed by atoms with Crippen LogP contribution in [0.4, 0.5) is 19.3 Å². The molecule has 0 aliphatic rings. The number of aliphatic hydroxyl groups excluding tert-OH is 1. The number of aromatic nitrogens is 2. The molecule has 1 aromatic heterocycles. The maximum absolute atomic E-state index is 12.6. The van der Waals surface area contributed by atoms with Crippen LogP contribution in [0.1, 0.15) is 25.6 Å². The summed E-state index contributed by atoms with van der Waals surface area (Å²) in [6.45, 7) is 2.57. The Labute approximate surface area is 126 Å². The smallest absolute Gasteiger partial charge is 0.321 e. The average Bonchev–Trinajstić information content (AvgIpc) is 2.90. The van der Waals surface area contributed by atoms with E-state index in [1.165, 1.54) is 4.90 Å². The van der Waals surface area contributed by atoms with E-state index in [-0.39, 0.29) is 19.2 Å². The minimum Gasteiger partial charge on any atom is -0.395 e. The molecule has 2 aromatic rings. The molecule has 0 spiro atoms. The molecule has 0 unspecified atom stereocenters. The van der Waals surface area contributed by atoms with Gasteiger partial charge in [0.1, 0.15) is 0 Å². The third kappa shape index (κ3) is 3.70. The zero-order valence-electron chi connectivity index (χ0n) is 12.1. The third-order valence-corrected chi connectivity index (χ3v) is 3.11. The zero-order chi connectivity index (χ0) is 16.1. The van der Waals surface area contributed by atoms with Crippen molar-refractivity contribution in [2.75, 3.05) is 25.0 Å². The van der Waals surface area contributed by atoms with Crippen molar-refractivity contribution in [2.24, 2.45) is 0 Å². The van der Waals surface area contributed by atoms with Gasteiger partial charge in [-0.2, -0.15) is 0 Å². The second kappa shape index (κ2) is 7.17. The van der Waals surface area contributed by atoms with E-state index in [4.69, 9.17) is 5.11 Å². The number of carbonyl (C=O) groups is 1. The highest BCUT2D eigenvalue weighted by Crippen LogP contribution is 2.22. The number of amides is 2. The molecule has 0 aliphatic carbocycles. The molecule has 1 aromatic carbocycles. The van der Waals surface area contributed by atoms with Gasteiger partial charge in [-0.1, -0.05) is 6.92 Å². The number of hydrogen-bond donors (Lipinski definition) is 3. The van der Waals surface area contributed by atoms with Crippen LogP contribution < -0.4 is 5.32 Å². The van der Waals surface area contributed by atoms with Crippen LogP contribution in [0.15, 0.2) is 18.2 Å². The number of alkyl halides is 2. The molecule has 0 fully saturated rings. The first-order chi connectivity index (χ1) is 10.5. The summed E-state index contributed by atoms with van der Waals surface area (Å²) in [7, 11) is 0. The molecule has 0 saturated heterocycles. The van der Waals surface area contributed by atoms with Gasteiger partial charge in [-0.25, -0.2) is 18.6 Å². The summed E-state index contributed by atoms with van der Waals surface area (Å²) in [5.74, 6) is -0.397. The van der Waals surface area contributed by atoms with Crippen LogP contribution >= 0.6 is 0 Å². The summed E-state index contributed by atoms with van der Waals surface area (Å²) in [6.07, 6.45) is -1.90. The number of benzene rings is 1. The fourth-order valence-electron chi connectivity index (χ4n) is 2.12. The average molecular weight is 312 g/mol. The predicted octanol–water partition coefficient (Wildman–Crippen LogP) is 2.74. The highest BCUT2D eigenvalue weighted by Gasteiger charge is 2.15. The van der Waals surface area contributed by atoms with Gasteiger partial charge in [0.2, 0.25) is 0 Å².